The maximum atomic E-state index is 12.3. The normalized spacial score (nSPS) is 19.4. The molecule has 2 saturated heterocycles. The molecule has 59 nitrogen and oxygen atoms in total. The first-order valence-corrected chi connectivity index (χ1v) is 43.8. The molecule has 0 aromatic rings. The number of nitrogens with zero attached hydrogens (tertiary/aromatic N) is 3. The summed E-state index contributed by atoms with van der Waals surface area (Å²) in [6.45, 7) is 15.6. The van der Waals surface area contributed by atoms with Crippen molar-refractivity contribution in [2.75, 3.05) is 32.8 Å². The minimum absolute atomic E-state index is 0.0482. The number of hydrogen-bond acceptors (Lipinski definition) is 42. The van der Waals surface area contributed by atoms with Crippen LogP contribution in [0, 0.1) is 29.1 Å². The Morgan fingerprint density at radius 1 is 0.379 bits per heavy atom. The molecular weight excluding hydrogens is 1880 g/mol. The third kappa shape index (κ3) is 53.3. The van der Waals surface area contributed by atoms with Crippen LogP contribution in [0.1, 0.15) is 167 Å². The van der Waals surface area contributed by atoms with Crippen LogP contribution in [0.2, 0.25) is 0 Å². The standard InChI is InChI=1S/C14H28N6O6.C13H23N3O6.C12H22O8.C11H22N4O4.C11H20N2O5.C11H20O9.C9H16N2O4/c1-6(21)9(15)12(24)19-8(4-3-5-18-14(16)17)11(23)20-10(7(2)22)13(25)26;1-6(17)9(14)12(20)16-5-3-4-8(16)11(19)15-10(7(2)18)13(21)22;1-5(2)6(12(19)20)3-7(14)9(16)11(18)10(17)8(15)4-13;1-6(16)9(14)10(17)15-7(11(18)19)4-2-3-5-8(12)13;1-5(11(17)18)4-8(15)6(2)13-10(16)9(12)7(3)14;1-4(13)5(11(19)20)2-6(14)8(16)10(18)9(17)7(15)3-12;1-5(12)7(10)8(13)11-4-2-3-6(11)9(14)15/h6-10,21-22H,3-5,15H2,1-2H3,(H,19,24)(H,20,23)(H,25,26)(H4,16,17,18);6-10,17-18H,3-5,14H2,1-2H3,(H,15,19)(H,21,22);5-6,8-11,13,15-18H,3-4H2,1-2H3,(H,19,20);6-7,9,16H,2-5,14H2,1H3,(H3,12,13)(H,15,17)(H,18,19);5-7,9,14H,4,12H2,1-3H3,(H,13,16)(H,17,18);4-5,7-10,12-13,15-18H,2-3H2,1H3,(H,19,20);5-7,12H,2-4,10H2,1H3,(H,14,15)/t2*6-,7-,8+,9+,10+;6?,8-,9+,10-,11-;6-,7+,9+;5-,6+,7-,9+;4?,5?,7-,8+,9-,10-;5-,6+,7+/m1101101/s1. The molecule has 2 rings (SSSR count). The molecule has 0 radical (unpaired) electrons. The second-order valence-corrected chi connectivity index (χ2v) is 33.6. The predicted octanol–water partition coefficient (Wildman–Crippen LogP) is -15.6. The molecule has 7 amide bonds. The first kappa shape index (κ1) is 138. The van der Waals surface area contributed by atoms with Crippen LogP contribution in [0.15, 0.2) is 4.99 Å². The van der Waals surface area contributed by atoms with Gasteiger partial charge in [0.2, 0.25) is 41.4 Å². The molecule has 3 unspecified atom stereocenters. The maximum absolute atomic E-state index is 12.3. The van der Waals surface area contributed by atoms with Crippen molar-refractivity contribution in [1.29, 1.82) is 5.41 Å². The van der Waals surface area contributed by atoms with Gasteiger partial charge in [0.1, 0.15) is 103 Å². The zero-order valence-corrected chi connectivity index (χ0v) is 79.8. The van der Waals surface area contributed by atoms with Gasteiger partial charge in [-0.15, -0.1) is 0 Å². The lowest BCUT2D eigenvalue weighted by molar-refractivity contribution is -0.154. The highest BCUT2D eigenvalue weighted by atomic mass is 16.4. The number of aliphatic carboxylic acids is 7. The lowest BCUT2D eigenvalue weighted by Gasteiger charge is -2.28. The Hall–Kier alpha value is -10.6. The van der Waals surface area contributed by atoms with Gasteiger partial charge in [0.15, 0.2) is 35.4 Å². The molecule has 2 aliphatic heterocycles. The number of nitrogens with two attached hydrogens (primary N) is 8. The minimum Gasteiger partial charge on any atom is -0.481 e. The number of carbonyl (C=O) groups is 17. The molecule has 0 aliphatic carbocycles. The number of amides is 7. The van der Waals surface area contributed by atoms with Gasteiger partial charge in [0, 0.05) is 45.3 Å². The zero-order valence-electron chi connectivity index (χ0n) is 79.8. The number of hydrogen-bond donors (Lipinski definition) is 39. The summed E-state index contributed by atoms with van der Waals surface area (Å²) < 4.78 is 0. The quantitative estimate of drug-likeness (QED) is 0.0153. The fourth-order valence-electron chi connectivity index (χ4n) is 11.7. The topological polar surface area (TPSA) is 1110 Å². The van der Waals surface area contributed by atoms with E-state index >= 15 is 0 Å². The monoisotopic (exact) mass is 2030 g/mol. The Morgan fingerprint density at radius 3 is 1.06 bits per heavy atom. The van der Waals surface area contributed by atoms with Gasteiger partial charge >= 0.3 is 41.8 Å². The Balaban J connectivity index is -0.000000509. The molecule has 0 bridgehead atoms. The third-order valence-electron chi connectivity index (χ3n) is 21.0. The Morgan fingerprint density at radius 2 is 0.736 bits per heavy atom. The largest absolute Gasteiger partial charge is 0.481 e. The van der Waals surface area contributed by atoms with Crippen LogP contribution in [0.4, 0.5) is 0 Å². The highest BCUT2D eigenvalue weighted by Crippen LogP contribution is 2.23. The number of carboxylic acids is 7. The summed E-state index contributed by atoms with van der Waals surface area (Å²) in [6.07, 6.45) is -22.2. The number of Topliss-reactive ketones (excluding diaryl/α,β-unsaturated/α-hetero) is 3. The van der Waals surface area contributed by atoms with Crippen molar-refractivity contribution < 1.29 is 209 Å². The molecule has 31 atom stereocenters. The molecule has 0 saturated carbocycles. The van der Waals surface area contributed by atoms with Crippen LogP contribution in [0.3, 0.4) is 0 Å². The number of guanidine groups is 1. The number of rotatable bonds is 54. The van der Waals surface area contributed by atoms with E-state index in [1.54, 1.807) is 13.8 Å². The van der Waals surface area contributed by atoms with E-state index in [9.17, 15) is 138 Å². The van der Waals surface area contributed by atoms with Crippen LogP contribution < -0.4 is 72.5 Å². The Bertz CT molecular complexity index is 3840. The van der Waals surface area contributed by atoms with Gasteiger partial charge in [0.05, 0.1) is 91.7 Å². The fraction of sp³-hybridized carbons (Fsp3) is 0.765. The zero-order chi connectivity index (χ0) is 111. The number of amidine groups is 1. The lowest BCUT2D eigenvalue weighted by Crippen LogP contribution is -2.57. The van der Waals surface area contributed by atoms with Crippen molar-refractivity contribution in [2.24, 2.45) is 74.5 Å². The van der Waals surface area contributed by atoms with E-state index in [0.29, 0.717) is 64.5 Å². The van der Waals surface area contributed by atoms with E-state index < -0.39 is 314 Å². The molecule has 812 valence electrons. The number of aliphatic hydroxyl groups is 18. The van der Waals surface area contributed by atoms with E-state index in [1.165, 1.54) is 72.1 Å². The summed E-state index contributed by atoms with van der Waals surface area (Å²) in [5.41, 5.74) is 42.9. The van der Waals surface area contributed by atoms with Crippen LogP contribution in [-0.2, 0) is 81.5 Å². The predicted molar refractivity (Wildman–Crippen MR) is 484 cm³/mol. The molecule has 0 spiro atoms. The molecular formula is C81H151N17O42. The highest BCUT2D eigenvalue weighted by molar-refractivity contribution is 5.96. The van der Waals surface area contributed by atoms with Crippen molar-refractivity contribution in [3.63, 3.8) is 0 Å². The van der Waals surface area contributed by atoms with Crippen molar-refractivity contribution in [1.82, 2.24) is 36.4 Å². The molecule has 2 fully saturated rings. The summed E-state index contributed by atoms with van der Waals surface area (Å²) in [5, 5.41) is 247. The first-order valence-electron chi connectivity index (χ1n) is 43.8. The van der Waals surface area contributed by atoms with E-state index in [0.717, 1.165) is 6.92 Å². The van der Waals surface area contributed by atoms with E-state index in [-0.39, 0.29) is 43.5 Å². The highest BCUT2D eigenvalue weighted by Gasteiger charge is 2.43. The SMILES string of the molecule is CC(C)C(CC(=O)[C@@H](O)[C@H](O)[C@@H](O)[C@@H](O)CO)C(=O)O.CC(O)C(CC(=O)[C@@H](O)[C@H](O)[C@@H](O)[C@@H](O)CO)C(=O)O.C[C@@H](O)[C@H](N)C(=O)N1CCC[C@H]1C(=O)N[C@H](C(=O)O)[C@@H](C)O.C[C@@H](O)[C@H](N)C(=O)N1CCC[C@H]1C(=O)O.C[C@@H](O)[C@H](N)C(=O)N[C@@H](CCCCC(=N)N)C(=O)O.C[C@@H](O)[C@H](N)C(=O)N[C@@H](CCCN=C(N)N)C(=O)N[C@H](C(=O)O)[C@@H](C)O.C[C@H](CC(=O)[C@H](C)NC(=O)[C@@H](N)[C@@H](C)O)C(=O)O. The summed E-state index contributed by atoms with van der Waals surface area (Å²) in [6, 6.07) is -13.4. The molecule has 140 heavy (non-hydrogen) atoms. The Labute approximate surface area is 804 Å². The minimum atomic E-state index is -2.15. The Kier molecular flexibility index (Phi) is 69.1. The second kappa shape index (κ2) is 70.1. The smallest absolute Gasteiger partial charge is 0.328 e. The number of aliphatic hydroxyl groups excluding tert-OH is 18. The number of likely N-dealkylation sites (tertiary alicyclic amines) is 2. The van der Waals surface area contributed by atoms with Gasteiger partial charge in [-0.05, 0) is 120 Å². The number of ketones is 3. The van der Waals surface area contributed by atoms with E-state index in [1.807, 2.05) is 0 Å². The van der Waals surface area contributed by atoms with Crippen LogP contribution in [0.25, 0.3) is 0 Å². The van der Waals surface area contributed by atoms with Crippen LogP contribution in [-0.4, -0.2) is 453 Å². The average molecular weight is 2040 g/mol. The van der Waals surface area contributed by atoms with E-state index in [4.69, 9.17) is 123 Å². The van der Waals surface area contributed by atoms with Gasteiger partial charge in [0.25, 0.3) is 0 Å². The number of carbonyl (C=O) groups excluding carboxylic acids is 10. The summed E-state index contributed by atoms with van der Waals surface area (Å²) in [4.78, 5) is 201. The van der Waals surface area contributed by atoms with Crippen molar-refractivity contribution in [3.8, 4) is 0 Å². The third-order valence-corrected chi connectivity index (χ3v) is 21.0. The van der Waals surface area contributed by atoms with Gasteiger partial charge in [-0.2, -0.15) is 0 Å². The van der Waals surface area contributed by atoms with Crippen molar-refractivity contribution in [2.45, 2.75) is 337 Å². The van der Waals surface area contributed by atoms with Crippen LogP contribution in [0.5, 0.6) is 0 Å². The van der Waals surface area contributed by atoms with E-state index in [2.05, 4.69) is 31.6 Å². The summed E-state index contributed by atoms with van der Waals surface area (Å²) in [5.74, 6) is -19.5. The van der Waals surface area contributed by atoms with Crippen LogP contribution >= 0.6 is 0 Å². The number of nitrogens with one attached hydrogen (secondary N) is 6. The molecule has 0 aromatic heterocycles. The second-order valence-electron chi connectivity index (χ2n) is 33.6. The van der Waals surface area contributed by atoms with Crippen molar-refractivity contribution >= 4 is 112 Å². The summed E-state index contributed by atoms with van der Waals surface area (Å²) in [7, 11) is 0. The lowest BCUT2D eigenvalue weighted by atomic mass is 9.88. The van der Waals surface area contributed by atoms with Gasteiger partial charge in [-0.3, -0.25) is 72.7 Å². The molecule has 47 N–H and O–H groups in total. The molecule has 0 aromatic carbocycles. The average Bonchev–Trinajstić information content (AvgIpc) is 1.63. The first-order chi connectivity index (χ1) is 64.2. The number of aliphatic imine (C=N–C) groups is 1. The fourth-order valence-corrected chi connectivity index (χ4v) is 11.7. The van der Waals surface area contributed by atoms with Gasteiger partial charge < -0.3 is 210 Å². The van der Waals surface area contributed by atoms with Gasteiger partial charge in [-0.1, -0.05) is 27.2 Å². The molecule has 59 heteroatoms. The van der Waals surface area contributed by atoms with Crippen molar-refractivity contribution in [3.05, 3.63) is 0 Å². The molecule has 2 aliphatic rings. The number of unbranched alkanes of at least 4 members (excludes halogenated alkanes) is 1. The number of carboxylic acid groups (broad SMARTS) is 7. The maximum Gasteiger partial charge on any atom is 0.328 e. The summed E-state index contributed by atoms with van der Waals surface area (Å²) >= 11 is 0. The van der Waals surface area contributed by atoms with Gasteiger partial charge in [-0.25, -0.2) is 19.2 Å². The molecule has 2 heterocycles.